The number of likely N-dealkylation sites (tertiary alicyclic amines) is 1. The highest BCUT2D eigenvalue weighted by molar-refractivity contribution is 5.83. The fourth-order valence-electron chi connectivity index (χ4n) is 4.69. The van der Waals surface area contributed by atoms with E-state index in [1.807, 2.05) is 22.9 Å². The molecule has 0 spiro atoms. The van der Waals surface area contributed by atoms with Crippen LogP contribution in [0.3, 0.4) is 0 Å². The molecular weight excluding hydrogens is 420 g/mol. The van der Waals surface area contributed by atoms with E-state index in [1.54, 1.807) is 0 Å². The van der Waals surface area contributed by atoms with Crippen molar-refractivity contribution in [3.05, 3.63) is 39.9 Å². The molecule has 9 heteroatoms. The SMILES string of the molecule is CCC(C)(C)n1nnnc1C(c1cc2cc3c(cc2[nH]c1=O)OCCO3)N1CCC(C)CC1. The summed E-state index contributed by atoms with van der Waals surface area (Å²) < 4.78 is 13.4. The van der Waals surface area contributed by atoms with Gasteiger partial charge in [0.2, 0.25) is 0 Å². The monoisotopic (exact) mass is 452 g/mol. The Morgan fingerprint density at radius 3 is 2.55 bits per heavy atom. The molecular formula is C24H32N6O3. The molecule has 0 bridgehead atoms. The minimum Gasteiger partial charge on any atom is -0.486 e. The van der Waals surface area contributed by atoms with E-state index < -0.39 is 0 Å². The van der Waals surface area contributed by atoms with Gasteiger partial charge in [0.15, 0.2) is 17.3 Å². The molecule has 9 nitrogen and oxygen atoms in total. The number of nitrogens with one attached hydrogen (secondary N) is 1. The van der Waals surface area contributed by atoms with Crippen LogP contribution in [0.25, 0.3) is 10.9 Å². The van der Waals surface area contributed by atoms with Gasteiger partial charge in [0.05, 0.1) is 11.1 Å². The number of benzene rings is 1. The molecule has 0 saturated carbocycles. The largest absolute Gasteiger partial charge is 0.486 e. The van der Waals surface area contributed by atoms with Crippen LogP contribution in [-0.4, -0.2) is 56.4 Å². The number of aromatic nitrogens is 5. The van der Waals surface area contributed by atoms with Crippen LogP contribution in [0.1, 0.15) is 64.4 Å². The van der Waals surface area contributed by atoms with Crippen LogP contribution in [0.2, 0.25) is 0 Å². The van der Waals surface area contributed by atoms with Gasteiger partial charge in [0.25, 0.3) is 5.56 Å². The molecule has 1 saturated heterocycles. The predicted octanol–water partition coefficient (Wildman–Crippen LogP) is 3.25. The van der Waals surface area contributed by atoms with Gasteiger partial charge in [-0.3, -0.25) is 9.69 Å². The molecule has 5 rings (SSSR count). The van der Waals surface area contributed by atoms with Crippen LogP contribution in [0.15, 0.2) is 23.0 Å². The topological polar surface area (TPSA) is 98.2 Å². The van der Waals surface area contributed by atoms with Gasteiger partial charge in [-0.2, -0.15) is 0 Å². The number of hydrogen-bond acceptors (Lipinski definition) is 7. The van der Waals surface area contributed by atoms with Crippen molar-refractivity contribution >= 4 is 10.9 Å². The Bertz CT molecular complexity index is 1210. The number of fused-ring (bicyclic) bond motifs is 2. The fraction of sp³-hybridized carbons (Fsp3) is 0.583. The lowest BCUT2D eigenvalue weighted by Gasteiger charge is -2.37. The Hall–Kier alpha value is -2.94. The summed E-state index contributed by atoms with van der Waals surface area (Å²) in [7, 11) is 0. The van der Waals surface area contributed by atoms with Crippen LogP contribution in [0, 0.1) is 5.92 Å². The van der Waals surface area contributed by atoms with Crippen LogP contribution >= 0.6 is 0 Å². The number of H-pyrrole nitrogens is 1. The van der Waals surface area contributed by atoms with Gasteiger partial charge in [-0.05, 0) is 74.7 Å². The number of ether oxygens (including phenoxy) is 2. The van der Waals surface area contributed by atoms with Crippen molar-refractivity contribution < 1.29 is 9.47 Å². The summed E-state index contributed by atoms with van der Waals surface area (Å²) in [6.07, 6.45) is 3.03. The Morgan fingerprint density at radius 1 is 1.15 bits per heavy atom. The van der Waals surface area contributed by atoms with Gasteiger partial charge < -0.3 is 14.5 Å². The van der Waals surface area contributed by atoms with Gasteiger partial charge in [-0.1, -0.05) is 13.8 Å². The van der Waals surface area contributed by atoms with Crippen molar-refractivity contribution in [3.8, 4) is 11.5 Å². The summed E-state index contributed by atoms with van der Waals surface area (Å²) in [6.45, 7) is 11.5. The molecule has 2 aliphatic heterocycles. The molecule has 0 radical (unpaired) electrons. The minimum atomic E-state index is -0.334. The van der Waals surface area contributed by atoms with E-state index in [0.717, 1.165) is 43.3 Å². The number of tetrazole rings is 1. The Morgan fingerprint density at radius 2 is 1.85 bits per heavy atom. The Labute approximate surface area is 193 Å². The van der Waals surface area contributed by atoms with E-state index in [2.05, 4.69) is 53.1 Å². The van der Waals surface area contributed by atoms with E-state index in [0.29, 0.717) is 42.0 Å². The summed E-state index contributed by atoms with van der Waals surface area (Å²) in [5.41, 5.74) is 0.976. The number of hydrogen-bond donors (Lipinski definition) is 1. The number of rotatable bonds is 5. The quantitative estimate of drug-likeness (QED) is 0.634. The van der Waals surface area contributed by atoms with Gasteiger partial charge in [-0.25, -0.2) is 4.68 Å². The van der Waals surface area contributed by atoms with E-state index >= 15 is 0 Å². The normalized spacial score (nSPS) is 18.5. The molecule has 1 unspecified atom stereocenters. The summed E-state index contributed by atoms with van der Waals surface area (Å²) in [5, 5.41) is 13.7. The molecule has 1 fully saturated rings. The molecule has 1 N–H and O–H groups in total. The summed E-state index contributed by atoms with van der Waals surface area (Å²) >= 11 is 0. The number of nitrogens with zero attached hydrogens (tertiary/aromatic N) is 5. The zero-order chi connectivity index (χ0) is 23.2. The third kappa shape index (κ3) is 3.99. The molecule has 1 aromatic carbocycles. The second-order valence-electron chi connectivity index (χ2n) is 9.87. The third-order valence-corrected chi connectivity index (χ3v) is 7.19. The minimum absolute atomic E-state index is 0.133. The first kappa shape index (κ1) is 21.9. The summed E-state index contributed by atoms with van der Waals surface area (Å²) in [4.78, 5) is 18.9. The van der Waals surface area contributed by atoms with Crippen LogP contribution < -0.4 is 15.0 Å². The number of piperidine rings is 1. The third-order valence-electron chi connectivity index (χ3n) is 7.19. The maximum absolute atomic E-state index is 13.4. The molecule has 2 aromatic heterocycles. The first-order valence-electron chi connectivity index (χ1n) is 11.9. The van der Waals surface area contributed by atoms with E-state index in [9.17, 15) is 4.79 Å². The first-order valence-corrected chi connectivity index (χ1v) is 11.9. The molecule has 2 aliphatic rings. The van der Waals surface area contributed by atoms with E-state index in [1.165, 1.54) is 0 Å². The lowest BCUT2D eigenvalue weighted by Crippen LogP contribution is -2.41. The highest BCUT2D eigenvalue weighted by Gasteiger charge is 2.35. The fourth-order valence-corrected chi connectivity index (χ4v) is 4.69. The molecule has 0 amide bonds. The molecule has 4 heterocycles. The average Bonchev–Trinajstić information content (AvgIpc) is 3.30. The van der Waals surface area contributed by atoms with Crippen molar-refractivity contribution in [1.82, 2.24) is 30.1 Å². The first-order chi connectivity index (χ1) is 15.9. The second-order valence-corrected chi connectivity index (χ2v) is 9.87. The van der Waals surface area contributed by atoms with Crippen molar-refractivity contribution in [2.75, 3.05) is 26.3 Å². The lowest BCUT2D eigenvalue weighted by atomic mass is 9.94. The maximum atomic E-state index is 13.4. The Kier molecular flexibility index (Phi) is 5.60. The molecule has 33 heavy (non-hydrogen) atoms. The molecule has 0 aliphatic carbocycles. The van der Waals surface area contributed by atoms with Gasteiger partial charge >= 0.3 is 0 Å². The average molecular weight is 453 g/mol. The van der Waals surface area contributed by atoms with Crippen LogP contribution in [0.4, 0.5) is 0 Å². The number of pyridine rings is 1. The maximum Gasteiger partial charge on any atom is 0.253 e. The van der Waals surface area contributed by atoms with Crippen LogP contribution in [-0.2, 0) is 5.54 Å². The molecule has 176 valence electrons. The van der Waals surface area contributed by atoms with Gasteiger partial charge in [-0.15, -0.1) is 5.10 Å². The van der Waals surface area contributed by atoms with E-state index in [4.69, 9.17) is 9.47 Å². The molecule has 3 aromatic rings. The zero-order valence-corrected chi connectivity index (χ0v) is 19.8. The van der Waals surface area contributed by atoms with Crippen LogP contribution in [0.5, 0.6) is 11.5 Å². The number of aromatic amines is 1. The van der Waals surface area contributed by atoms with Crippen molar-refractivity contribution in [2.24, 2.45) is 5.92 Å². The highest BCUT2D eigenvalue weighted by atomic mass is 16.6. The van der Waals surface area contributed by atoms with Gasteiger partial charge in [0, 0.05) is 17.0 Å². The molecule has 1 atom stereocenters. The van der Waals surface area contributed by atoms with Gasteiger partial charge in [0.1, 0.15) is 19.3 Å². The smallest absolute Gasteiger partial charge is 0.253 e. The lowest BCUT2D eigenvalue weighted by molar-refractivity contribution is 0.143. The van der Waals surface area contributed by atoms with Crippen molar-refractivity contribution in [2.45, 2.75) is 58.5 Å². The highest BCUT2D eigenvalue weighted by Crippen LogP contribution is 2.36. The zero-order valence-electron chi connectivity index (χ0n) is 19.8. The standard InChI is InChI=1S/C24H32N6O3/c1-5-24(3,4)30-22(26-27-28-30)21(29-8-6-15(2)7-9-29)17-12-16-13-19-20(33-11-10-32-19)14-18(16)25-23(17)31/h12-15,21H,5-11H2,1-4H3,(H,25,31). The summed E-state index contributed by atoms with van der Waals surface area (Å²) in [5.74, 6) is 2.74. The summed E-state index contributed by atoms with van der Waals surface area (Å²) in [6, 6.07) is 5.42. The van der Waals surface area contributed by atoms with Crippen molar-refractivity contribution in [1.29, 1.82) is 0 Å². The predicted molar refractivity (Wildman–Crippen MR) is 125 cm³/mol. The Balaban J connectivity index is 1.66. The van der Waals surface area contributed by atoms with Crippen molar-refractivity contribution in [3.63, 3.8) is 0 Å². The van der Waals surface area contributed by atoms with E-state index in [-0.39, 0.29) is 17.1 Å². The second kappa shape index (κ2) is 8.44.